The molecule has 0 aliphatic heterocycles. The van der Waals surface area contributed by atoms with E-state index >= 15 is 0 Å². The van der Waals surface area contributed by atoms with Crippen LogP contribution in [-0.2, 0) is 0 Å². The highest BCUT2D eigenvalue weighted by atomic mass is 32.1. The van der Waals surface area contributed by atoms with Gasteiger partial charge < -0.3 is 14.7 Å². The Labute approximate surface area is 159 Å². The van der Waals surface area contributed by atoms with Crippen LogP contribution in [0.1, 0.15) is 19.8 Å². The van der Waals surface area contributed by atoms with Gasteiger partial charge in [-0.05, 0) is 49.1 Å². The van der Waals surface area contributed by atoms with Gasteiger partial charge >= 0.3 is 0 Å². The number of H-pyrrole nitrogens is 2. The Bertz CT molecular complexity index is 1210. The number of fused-ring (bicyclic) bond motifs is 3. The molecule has 132 valence electrons. The van der Waals surface area contributed by atoms with E-state index in [0.29, 0.717) is 16.1 Å². The van der Waals surface area contributed by atoms with Gasteiger partial charge in [-0.25, -0.2) is 9.97 Å². The summed E-state index contributed by atoms with van der Waals surface area (Å²) in [7, 11) is 0. The fraction of sp³-hybridized carbons (Fsp3) is 0.222. The zero-order valence-electron chi connectivity index (χ0n) is 14.2. The predicted octanol–water partition coefficient (Wildman–Crippen LogP) is 4.84. The molecule has 0 unspecified atom stereocenters. The number of ether oxygens (including phenoxy) is 1. The minimum Gasteiger partial charge on any atom is -0.493 e. The summed E-state index contributed by atoms with van der Waals surface area (Å²) in [5, 5.41) is 0.908. The minimum atomic E-state index is 0.424. The van der Waals surface area contributed by atoms with E-state index in [2.05, 4.69) is 26.9 Å². The monoisotopic (exact) mass is 383 g/mol. The molecule has 6 nitrogen and oxygen atoms in total. The van der Waals surface area contributed by atoms with Crippen LogP contribution in [0.2, 0.25) is 0 Å². The lowest BCUT2D eigenvalue weighted by Gasteiger charge is -2.08. The summed E-state index contributed by atoms with van der Waals surface area (Å²) in [6.07, 6.45) is 7.33. The van der Waals surface area contributed by atoms with Crippen LogP contribution < -0.4 is 4.74 Å². The van der Waals surface area contributed by atoms with Crippen molar-refractivity contribution in [1.29, 1.82) is 0 Å². The van der Waals surface area contributed by atoms with Crippen LogP contribution in [0.25, 0.3) is 27.8 Å². The molecule has 0 amide bonds. The van der Waals surface area contributed by atoms with Crippen LogP contribution in [0.3, 0.4) is 0 Å². The first-order chi connectivity index (χ1) is 12.7. The number of unbranched alkanes of at least 4 members (excludes halogenated alkanes) is 1. The number of pyridine rings is 1. The summed E-state index contributed by atoms with van der Waals surface area (Å²) in [4.78, 5) is 14.9. The van der Waals surface area contributed by atoms with Crippen LogP contribution in [0, 0.1) is 9.54 Å². The summed E-state index contributed by atoms with van der Waals surface area (Å²) >= 11 is 10.7. The molecule has 0 radical (unpaired) electrons. The first-order valence-electron chi connectivity index (χ1n) is 8.40. The molecule has 0 atom stereocenters. The largest absolute Gasteiger partial charge is 0.493 e. The molecule has 4 aromatic rings. The average molecular weight is 384 g/mol. The van der Waals surface area contributed by atoms with Crippen LogP contribution in [0.4, 0.5) is 0 Å². The van der Waals surface area contributed by atoms with Gasteiger partial charge in [-0.3, -0.25) is 4.40 Å². The Morgan fingerprint density at radius 1 is 1.15 bits per heavy atom. The lowest BCUT2D eigenvalue weighted by atomic mass is 10.1. The van der Waals surface area contributed by atoms with Gasteiger partial charge in [0.2, 0.25) is 0 Å². The van der Waals surface area contributed by atoms with Crippen molar-refractivity contribution in [2.45, 2.75) is 19.8 Å². The number of hydrogen-bond donors (Lipinski definition) is 2. The van der Waals surface area contributed by atoms with Gasteiger partial charge in [-0.15, -0.1) is 0 Å². The zero-order valence-corrected chi connectivity index (χ0v) is 15.8. The predicted molar refractivity (Wildman–Crippen MR) is 107 cm³/mol. The maximum atomic E-state index is 6.07. The minimum absolute atomic E-state index is 0.424. The Balaban J connectivity index is 2.11. The molecule has 0 saturated heterocycles. The third-order valence-corrected chi connectivity index (χ3v) is 4.71. The van der Waals surface area contributed by atoms with E-state index in [1.165, 1.54) is 0 Å². The molecule has 2 N–H and O–H groups in total. The molecular formula is C18H17N5OS2. The Morgan fingerprint density at radius 3 is 2.81 bits per heavy atom. The smallest absolute Gasteiger partial charge is 0.197 e. The van der Waals surface area contributed by atoms with Gasteiger partial charge in [0.15, 0.2) is 15.2 Å². The fourth-order valence-corrected chi connectivity index (χ4v) is 3.47. The van der Waals surface area contributed by atoms with E-state index in [-0.39, 0.29) is 0 Å². The molecule has 0 saturated carbocycles. The van der Waals surface area contributed by atoms with Gasteiger partial charge in [0.05, 0.1) is 23.2 Å². The quantitative estimate of drug-likeness (QED) is 0.381. The first kappa shape index (κ1) is 16.9. The second kappa shape index (κ2) is 6.97. The molecule has 0 aliphatic carbocycles. The topological polar surface area (TPSA) is 71.0 Å². The molecule has 4 heterocycles. The van der Waals surface area contributed by atoms with Crippen LogP contribution in [0.5, 0.6) is 5.75 Å². The molecular weight excluding hydrogens is 366 g/mol. The van der Waals surface area contributed by atoms with Crippen molar-refractivity contribution in [2.24, 2.45) is 0 Å². The number of aromatic nitrogens is 5. The summed E-state index contributed by atoms with van der Waals surface area (Å²) in [5.74, 6) is 0.785. The van der Waals surface area contributed by atoms with E-state index in [9.17, 15) is 0 Å². The zero-order chi connectivity index (χ0) is 18.1. The molecule has 0 aliphatic rings. The van der Waals surface area contributed by atoms with E-state index < -0.39 is 0 Å². The van der Waals surface area contributed by atoms with Crippen molar-refractivity contribution in [3.05, 3.63) is 46.3 Å². The number of nitrogens with zero attached hydrogens (tertiary/aromatic N) is 3. The van der Waals surface area contributed by atoms with Crippen molar-refractivity contribution in [1.82, 2.24) is 24.3 Å². The lowest BCUT2D eigenvalue weighted by Crippen LogP contribution is -1.98. The Morgan fingerprint density at radius 2 is 2.00 bits per heavy atom. The van der Waals surface area contributed by atoms with Crippen molar-refractivity contribution in [3.63, 3.8) is 0 Å². The third-order valence-electron chi connectivity index (χ3n) is 4.20. The van der Waals surface area contributed by atoms with Crippen molar-refractivity contribution < 1.29 is 4.74 Å². The van der Waals surface area contributed by atoms with Gasteiger partial charge in [-0.1, -0.05) is 13.3 Å². The second-order valence-electron chi connectivity index (χ2n) is 5.88. The van der Waals surface area contributed by atoms with Crippen LogP contribution in [-0.4, -0.2) is 30.9 Å². The SMILES string of the molecule is CCCCOc1ccnc2c1c(-c1ccnc(=S)[nH]1)c1cc[nH]c(=S)n12. The standard InChI is InChI=1S/C18H17N5OS2/c1-2-3-10-24-13-6-9-19-16-15(13)14(11-4-7-20-17(25)22-11)12-5-8-21-18(26)23(12)16/h4-9H,2-3,10H2,1H3,(H,21,26)(H,20,22,25). The molecule has 0 fully saturated rings. The molecule has 0 bridgehead atoms. The lowest BCUT2D eigenvalue weighted by molar-refractivity contribution is 0.313. The van der Waals surface area contributed by atoms with Crippen molar-refractivity contribution >= 4 is 41.0 Å². The molecule has 8 heteroatoms. The van der Waals surface area contributed by atoms with Crippen LogP contribution in [0.15, 0.2) is 36.8 Å². The highest BCUT2D eigenvalue weighted by Crippen LogP contribution is 2.38. The average Bonchev–Trinajstić information content (AvgIpc) is 2.98. The Kier molecular flexibility index (Phi) is 4.52. The number of hydrogen-bond acceptors (Lipinski definition) is 5. The molecule has 26 heavy (non-hydrogen) atoms. The van der Waals surface area contributed by atoms with Gasteiger partial charge in [0.1, 0.15) is 5.75 Å². The van der Waals surface area contributed by atoms with E-state index in [0.717, 1.165) is 46.4 Å². The van der Waals surface area contributed by atoms with E-state index in [1.807, 2.05) is 28.8 Å². The van der Waals surface area contributed by atoms with Gasteiger partial charge in [-0.2, -0.15) is 0 Å². The highest BCUT2D eigenvalue weighted by molar-refractivity contribution is 7.71. The number of nitrogens with one attached hydrogen (secondary N) is 2. The molecule has 4 rings (SSSR count). The summed E-state index contributed by atoms with van der Waals surface area (Å²) < 4.78 is 8.99. The molecule has 4 aromatic heterocycles. The summed E-state index contributed by atoms with van der Waals surface area (Å²) in [6.45, 7) is 2.79. The first-order valence-corrected chi connectivity index (χ1v) is 9.21. The van der Waals surface area contributed by atoms with E-state index in [4.69, 9.17) is 29.2 Å². The Hall–Kier alpha value is -2.58. The molecule has 0 spiro atoms. The number of aromatic amines is 2. The summed E-state index contributed by atoms with van der Waals surface area (Å²) in [6, 6.07) is 5.76. The third kappa shape index (κ3) is 2.81. The normalized spacial score (nSPS) is 11.3. The second-order valence-corrected chi connectivity index (χ2v) is 6.65. The van der Waals surface area contributed by atoms with Crippen molar-refractivity contribution in [2.75, 3.05) is 6.61 Å². The molecule has 0 aromatic carbocycles. The van der Waals surface area contributed by atoms with Gasteiger partial charge in [0, 0.05) is 24.2 Å². The van der Waals surface area contributed by atoms with Gasteiger partial charge in [0.25, 0.3) is 0 Å². The fourth-order valence-electron chi connectivity index (χ4n) is 3.05. The summed E-state index contributed by atoms with van der Waals surface area (Å²) in [5.41, 5.74) is 3.49. The number of rotatable bonds is 5. The van der Waals surface area contributed by atoms with E-state index in [1.54, 1.807) is 12.4 Å². The maximum Gasteiger partial charge on any atom is 0.197 e. The van der Waals surface area contributed by atoms with Crippen molar-refractivity contribution in [3.8, 4) is 17.0 Å². The van der Waals surface area contributed by atoms with Crippen LogP contribution >= 0.6 is 24.4 Å². The maximum absolute atomic E-state index is 6.07. The highest BCUT2D eigenvalue weighted by Gasteiger charge is 2.19.